The molecule has 1 atom stereocenters. The first-order chi connectivity index (χ1) is 10.2. The molecule has 2 heteroatoms. The number of benzene rings is 2. The minimum Gasteiger partial charge on any atom is -0.329 e. The Morgan fingerprint density at radius 2 is 1.90 bits per heavy atom. The minimum absolute atomic E-state index is 0.220. The first-order valence-corrected chi connectivity index (χ1v) is 7.86. The Morgan fingerprint density at radius 1 is 1.14 bits per heavy atom. The maximum Gasteiger partial charge on any atom is 0.0486 e. The predicted molar refractivity (Wildman–Crippen MR) is 85.9 cm³/mol. The van der Waals surface area contributed by atoms with E-state index in [1.807, 2.05) is 0 Å². The Hall–Kier alpha value is -1.64. The van der Waals surface area contributed by atoms with Gasteiger partial charge in [0.1, 0.15) is 0 Å². The van der Waals surface area contributed by atoms with Crippen LogP contribution in [0, 0.1) is 6.92 Å². The van der Waals surface area contributed by atoms with Crippen molar-refractivity contribution in [3.8, 4) is 0 Å². The van der Waals surface area contributed by atoms with E-state index in [-0.39, 0.29) is 5.54 Å². The van der Waals surface area contributed by atoms with Gasteiger partial charge in [0.15, 0.2) is 0 Å². The summed E-state index contributed by atoms with van der Waals surface area (Å²) in [7, 11) is 0. The van der Waals surface area contributed by atoms with Crippen molar-refractivity contribution >= 4 is 0 Å². The quantitative estimate of drug-likeness (QED) is 0.931. The van der Waals surface area contributed by atoms with Crippen LogP contribution in [0.25, 0.3) is 0 Å². The second kappa shape index (κ2) is 4.69. The van der Waals surface area contributed by atoms with Crippen LogP contribution in [0.4, 0.5) is 0 Å². The Bertz CT molecular complexity index is 659. The maximum absolute atomic E-state index is 6.15. The fraction of sp³-hybridized carbons (Fsp3) is 0.368. The maximum atomic E-state index is 6.15. The summed E-state index contributed by atoms with van der Waals surface area (Å²) in [6, 6.07) is 18.1. The molecule has 0 saturated heterocycles. The van der Waals surface area contributed by atoms with Gasteiger partial charge < -0.3 is 5.73 Å². The Labute approximate surface area is 126 Å². The minimum atomic E-state index is 0.220. The normalized spacial score (nSPS) is 23.0. The molecule has 1 fully saturated rings. The zero-order valence-electron chi connectivity index (χ0n) is 12.5. The van der Waals surface area contributed by atoms with Gasteiger partial charge in [0, 0.05) is 24.7 Å². The lowest BCUT2D eigenvalue weighted by molar-refractivity contribution is 0.129. The molecule has 0 aromatic heterocycles. The van der Waals surface area contributed by atoms with Crippen molar-refractivity contribution in [1.29, 1.82) is 0 Å². The lowest BCUT2D eigenvalue weighted by Gasteiger charge is -2.33. The van der Waals surface area contributed by atoms with Crippen molar-refractivity contribution < 1.29 is 0 Å². The third-order valence-electron chi connectivity index (χ3n) is 5.19. The molecule has 1 saturated carbocycles. The molecule has 0 spiro atoms. The van der Waals surface area contributed by atoms with Gasteiger partial charge in [0.25, 0.3) is 0 Å². The summed E-state index contributed by atoms with van der Waals surface area (Å²) < 4.78 is 0. The van der Waals surface area contributed by atoms with Crippen LogP contribution in [0.1, 0.15) is 41.1 Å². The summed E-state index contributed by atoms with van der Waals surface area (Å²) in [6.45, 7) is 3.90. The highest BCUT2D eigenvalue weighted by Gasteiger charge is 2.53. The molecule has 1 unspecified atom stereocenters. The van der Waals surface area contributed by atoms with Gasteiger partial charge in [-0.25, -0.2) is 0 Å². The van der Waals surface area contributed by atoms with Gasteiger partial charge in [0.05, 0.1) is 0 Å². The number of nitrogens with two attached hydrogens (primary N) is 1. The van der Waals surface area contributed by atoms with Crippen molar-refractivity contribution in [1.82, 2.24) is 4.90 Å². The molecule has 1 heterocycles. The van der Waals surface area contributed by atoms with Crippen LogP contribution in [0.2, 0.25) is 0 Å². The van der Waals surface area contributed by atoms with Crippen molar-refractivity contribution in [2.75, 3.05) is 6.54 Å². The molecule has 4 rings (SSSR count). The number of aryl methyl sites for hydroxylation is 1. The Morgan fingerprint density at radius 3 is 2.57 bits per heavy atom. The van der Waals surface area contributed by atoms with E-state index in [9.17, 15) is 0 Å². The van der Waals surface area contributed by atoms with Gasteiger partial charge in [0.2, 0.25) is 0 Å². The van der Waals surface area contributed by atoms with E-state index in [0.29, 0.717) is 12.6 Å². The molecule has 2 nitrogen and oxygen atoms in total. The monoisotopic (exact) mass is 278 g/mol. The smallest absolute Gasteiger partial charge is 0.0486 e. The topological polar surface area (TPSA) is 29.3 Å². The number of fused-ring (bicyclic) bond motifs is 1. The fourth-order valence-corrected chi connectivity index (χ4v) is 3.94. The lowest BCUT2D eigenvalue weighted by atomic mass is 9.99. The molecule has 2 aromatic rings. The van der Waals surface area contributed by atoms with E-state index in [1.165, 1.54) is 35.1 Å². The standard InChI is InChI=1S/C19H22N2/c1-14-7-8-15-13-21(18(12-20)17(15)11-14)19(9-10-19)16-5-3-2-4-6-16/h2-8,11,18H,9-10,12-13,20H2,1H3. The first-order valence-electron chi connectivity index (χ1n) is 7.86. The van der Waals surface area contributed by atoms with Gasteiger partial charge in [-0.2, -0.15) is 0 Å². The molecule has 108 valence electrons. The van der Waals surface area contributed by atoms with E-state index in [0.717, 1.165) is 6.54 Å². The van der Waals surface area contributed by atoms with E-state index >= 15 is 0 Å². The van der Waals surface area contributed by atoms with Gasteiger partial charge in [-0.05, 0) is 36.5 Å². The Balaban J connectivity index is 1.74. The van der Waals surface area contributed by atoms with Crippen LogP contribution in [0.15, 0.2) is 48.5 Å². The highest BCUT2D eigenvalue weighted by atomic mass is 15.3. The summed E-state index contributed by atoms with van der Waals surface area (Å²) >= 11 is 0. The van der Waals surface area contributed by atoms with Crippen LogP contribution in [-0.2, 0) is 12.1 Å². The zero-order chi connectivity index (χ0) is 14.4. The second-order valence-electron chi connectivity index (χ2n) is 6.48. The van der Waals surface area contributed by atoms with Crippen LogP contribution in [-0.4, -0.2) is 11.4 Å². The van der Waals surface area contributed by atoms with E-state index in [2.05, 4.69) is 60.4 Å². The number of rotatable bonds is 3. The third-order valence-corrected chi connectivity index (χ3v) is 5.19. The van der Waals surface area contributed by atoms with Crippen molar-refractivity contribution in [2.45, 2.75) is 37.9 Å². The highest BCUT2D eigenvalue weighted by molar-refractivity contribution is 5.41. The van der Waals surface area contributed by atoms with Crippen molar-refractivity contribution in [3.63, 3.8) is 0 Å². The predicted octanol–water partition coefficient (Wildman–Crippen LogP) is 3.50. The molecule has 2 aliphatic rings. The molecular formula is C19H22N2. The van der Waals surface area contributed by atoms with Crippen LogP contribution < -0.4 is 5.73 Å². The fourth-order valence-electron chi connectivity index (χ4n) is 3.94. The second-order valence-corrected chi connectivity index (χ2v) is 6.48. The number of hydrogen-bond acceptors (Lipinski definition) is 2. The Kier molecular flexibility index (Phi) is 2.91. The highest BCUT2D eigenvalue weighted by Crippen LogP contribution is 2.56. The molecule has 1 aliphatic carbocycles. The summed E-state index contributed by atoms with van der Waals surface area (Å²) in [5, 5.41) is 0. The lowest BCUT2D eigenvalue weighted by Crippen LogP contribution is -2.37. The van der Waals surface area contributed by atoms with E-state index in [1.54, 1.807) is 0 Å². The summed E-state index contributed by atoms with van der Waals surface area (Å²) in [5.41, 5.74) is 12.1. The SMILES string of the molecule is Cc1ccc2c(c1)C(CN)N(C1(c3ccccc3)CC1)C2. The average molecular weight is 278 g/mol. The molecule has 2 aromatic carbocycles. The van der Waals surface area contributed by atoms with E-state index in [4.69, 9.17) is 5.73 Å². The summed E-state index contributed by atoms with van der Waals surface area (Å²) in [5.74, 6) is 0. The first kappa shape index (κ1) is 13.1. The molecule has 0 amide bonds. The molecule has 0 radical (unpaired) electrons. The van der Waals surface area contributed by atoms with E-state index < -0.39 is 0 Å². The third kappa shape index (κ3) is 1.94. The largest absolute Gasteiger partial charge is 0.329 e. The zero-order valence-corrected chi connectivity index (χ0v) is 12.5. The number of hydrogen-bond donors (Lipinski definition) is 1. The molecule has 21 heavy (non-hydrogen) atoms. The van der Waals surface area contributed by atoms with Crippen molar-refractivity contribution in [2.24, 2.45) is 5.73 Å². The average Bonchev–Trinajstić information content (AvgIpc) is 3.24. The van der Waals surface area contributed by atoms with Crippen LogP contribution in [0.5, 0.6) is 0 Å². The molecule has 1 aliphatic heterocycles. The molecule has 2 N–H and O–H groups in total. The molecule has 0 bridgehead atoms. The molecular weight excluding hydrogens is 256 g/mol. The van der Waals surface area contributed by atoms with Crippen LogP contribution >= 0.6 is 0 Å². The van der Waals surface area contributed by atoms with Gasteiger partial charge in [-0.3, -0.25) is 4.90 Å². The van der Waals surface area contributed by atoms with Gasteiger partial charge in [-0.15, -0.1) is 0 Å². The van der Waals surface area contributed by atoms with Crippen LogP contribution in [0.3, 0.4) is 0 Å². The summed E-state index contributed by atoms with van der Waals surface area (Å²) in [6.07, 6.45) is 2.50. The summed E-state index contributed by atoms with van der Waals surface area (Å²) in [4.78, 5) is 2.65. The van der Waals surface area contributed by atoms with Crippen molar-refractivity contribution in [3.05, 3.63) is 70.8 Å². The number of nitrogens with zero attached hydrogens (tertiary/aromatic N) is 1. The van der Waals surface area contributed by atoms with Gasteiger partial charge in [-0.1, -0.05) is 54.1 Å². The van der Waals surface area contributed by atoms with Gasteiger partial charge >= 0.3 is 0 Å².